The summed E-state index contributed by atoms with van der Waals surface area (Å²) >= 11 is 0. The van der Waals surface area contributed by atoms with E-state index in [9.17, 15) is 9.59 Å². The average Bonchev–Trinajstić information content (AvgIpc) is 2.45. The lowest BCUT2D eigenvalue weighted by Crippen LogP contribution is -2.18. The number of hydrogen-bond donors (Lipinski definition) is 2. The number of benzene rings is 1. The van der Waals surface area contributed by atoms with E-state index >= 15 is 0 Å². The summed E-state index contributed by atoms with van der Waals surface area (Å²) in [7, 11) is 1.57. The Bertz CT molecular complexity index is 449. The van der Waals surface area contributed by atoms with E-state index in [1.807, 2.05) is 12.1 Å². The van der Waals surface area contributed by atoms with Crippen LogP contribution in [0.5, 0.6) is 5.75 Å². The van der Waals surface area contributed by atoms with Gasteiger partial charge in [-0.3, -0.25) is 9.59 Å². The van der Waals surface area contributed by atoms with Crippen molar-refractivity contribution >= 4 is 17.6 Å². The first-order valence-electron chi connectivity index (χ1n) is 6.47. The summed E-state index contributed by atoms with van der Waals surface area (Å²) in [6, 6.07) is 7.09. The second-order valence-corrected chi connectivity index (χ2v) is 4.13. The van der Waals surface area contributed by atoms with Crippen LogP contribution in [0.4, 0.5) is 5.69 Å². The molecule has 0 fully saturated rings. The molecule has 1 aromatic rings. The van der Waals surface area contributed by atoms with Crippen LogP contribution in [0.1, 0.15) is 19.3 Å². The number of nitrogens with two attached hydrogens (primary N) is 1. The summed E-state index contributed by atoms with van der Waals surface area (Å²) in [6.07, 6.45) is 1.01. The Labute approximate surface area is 118 Å². The van der Waals surface area contributed by atoms with E-state index in [1.54, 1.807) is 19.2 Å². The van der Waals surface area contributed by atoms with Gasteiger partial charge in [0.25, 0.3) is 0 Å². The van der Waals surface area contributed by atoms with Crippen molar-refractivity contribution < 1.29 is 19.1 Å². The zero-order chi connectivity index (χ0) is 14.8. The number of amides is 1. The van der Waals surface area contributed by atoms with Gasteiger partial charge in [-0.15, -0.1) is 0 Å². The maximum absolute atomic E-state index is 11.4. The molecular weight excluding hydrogens is 260 g/mol. The molecule has 20 heavy (non-hydrogen) atoms. The van der Waals surface area contributed by atoms with Gasteiger partial charge in [0.05, 0.1) is 25.3 Å². The molecule has 0 aliphatic heterocycles. The molecule has 0 aliphatic carbocycles. The van der Waals surface area contributed by atoms with Crippen LogP contribution >= 0.6 is 0 Å². The monoisotopic (exact) mass is 280 g/mol. The minimum atomic E-state index is -0.351. The summed E-state index contributed by atoms with van der Waals surface area (Å²) in [6.45, 7) is 0.447. The Balaban J connectivity index is 2.11. The fourth-order valence-electron chi connectivity index (χ4n) is 1.47. The SMILES string of the molecule is CNC(=O)CCCOC(=O)CCOc1ccccc1N. The van der Waals surface area contributed by atoms with Crippen LogP contribution in [-0.4, -0.2) is 32.1 Å². The van der Waals surface area contributed by atoms with Gasteiger partial charge in [0.2, 0.25) is 5.91 Å². The van der Waals surface area contributed by atoms with Crippen molar-refractivity contribution in [3.63, 3.8) is 0 Å². The maximum Gasteiger partial charge on any atom is 0.309 e. The third-order valence-electron chi connectivity index (χ3n) is 2.57. The van der Waals surface area contributed by atoms with Gasteiger partial charge in [-0.2, -0.15) is 0 Å². The van der Waals surface area contributed by atoms with E-state index in [0.29, 0.717) is 24.3 Å². The Hall–Kier alpha value is -2.24. The third-order valence-corrected chi connectivity index (χ3v) is 2.57. The van der Waals surface area contributed by atoms with Crippen LogP contribution in [0.2, 0.25) is 0 Å². The lowest BCUT2D eigenvalue weighted by atomic mass is 10.3. The van der Waals surface area contributed by atoms with Gasteiger partial charge in [0.15, 0.2) is 0 Å². The minimum absolute atomic E-state index is 0.0658. The Kier molecular flexibility index (Phi) is 6.95. The molecule has 0 aromatic heterocycles. The van der Waals surface area contributed by atoms with E-state index in [0.717, 1.165) is 0 Å². The van der Waals surface area contributed by atoms with Crippen LogP contribution < -0.4 is 15.8 Å². The second-order valence-electron chi connectivity index (χ2n) is 4.13. The number of hydrogen-bond acceptors (Lipinski definition) is 5. The molecule has 0 spiro atoms. The van der Waals surface area contributed by atoms with Crippen LogP contribution in [0.15, 0.2) is 24.3 Å². The molecule has 0 saturated heterocycles. The fourth-order valence-corrected chi connectivity index (χ4v) is 1.47. The van der Waals surface area contributed by atoms with Crippen molar-refractivity contribution in [1.29, 1.82) is 0 Å². The largest absolute Gasteiger partial charge is 0.491 e. The van der Waals surface area contributed by atoms with E-state index in [1.165, 1.54) is 0 Å². The molecule has 6 nitrogen and oxygen atoms in total. The highest BCUT2D eigenvalue weighted by Crippen LogP contribution is 2.19. The maximum atomic E-state index is 11.4. The van der Waals surface area contributed by atoms with Crippen molar-refractivity contribution in [1.82, 2.24) is 5.32 Å². The van der Waals surface area contributed by atoms with Crippen LogP contribution in [0.3, 0.4) is 0 Å². The second kappa shape index (κ2) is 8.79. The molecule has 0 radical (unpaired) electrons. The summed E-state index contributed by atoms with van der Waals surface area (Å²) < 4.78 is 10.4. The first kappa shape index (κ1) is 15.8. The summed E-state index contributed by atoms with van der Waals surface area (Å²) in [5.41, 5.74) is 6.23. The molecule has 0 heterocycles. The molecule has 6 heteroatoms. The molecule has 1 rings (SSSR count). The molecular formula is C14H20N2O4. The molecule has 0 bridgehead atoms. The first-order valence-corrected chi connectivity index (χ1v) is 6.47. The normalized spacial score (nSPS) is 9.85. The predicted molar refractivity (Wildman–Crippen MR) is 75.2 cm³/mol. The summed E-state index contributed by atoms with van der Waals surface area (Å²) in [4.78, 5) is 22.3. The van der Waals surface area contributed by atoms with Crippen molar-refractivity contribution in [2.24, 2.45) is 0 Å². The van der Waals surface area contributed by atoms with E-state index in [-0.39, 0.29) is 31.5 Å². The van der Waals surface area contributed by atoms with E-state index in [4.69, 9.17) is 15.2 Å². The van der Waals surface area contributed by atoms with Gasteiger partial charge in [-0.05, 0) is 18.6 Å². The molecule has 3 N–H and O–H groups in total. The van der Waals surface area contributed by atoms with E-state index in [2.05, 4.69) is 5.32 Å². The zero-order valence-corrected chi connectivity index (χ0v) is 11.6. The number of nitrogen functional groups attached to an aromatic ring is 1. The van der Waals surface area contributed by atoms with Gasteiger partial charge in [0, 0.05) is 13.5 Å². The van der Waals surface area contributed by atoms with Crippen LogP contribution in [0, 0.1) is 0 Å². The first-order chi connectivity index (χ1) is 9.63. The quantitative estimate of drug-likeness (QED) is 0.423. The number of anilines is 1. The average molecular weight is 280 g/mol. The summed E-state index contributed by atoms with van der Waals surface area (Å²) in [5.74, 6) is 0.139. The molecule has 110 valence electrons. The lowest BCUT2D eigenvalue weighted by molar-refractivity contribution is -0.144. The van der Waals surface area contributed by atoms with Gasteiger partial charge in [0.1, 0.15) is 5.75 Å². The van der Waals surface area contributed by atoms with Crippen molar-refractivity contribution in [2.45, 2.75) is 19.3 Å². The standard InChI is InChI=1S/C14H20N2O4/c1-16-13(17)7-4-9-20-14(18)8-10-19-12-6-3-2-5-11(12)15/h2-3,5-6H,4,7-10,15H2,1H3,(H,16,17). The van der Waals surface area contributed by atoms with Crippen LogP contribution in [0.25, 0.3) is 0 Å². The smallest absolute Gasteiger partial charge is 0.309 e. The van der Waals surface area contributed by atoms with Crippen molar-refractivity contribution in [3.8, 4) is 5.75 Å². The van der Waals surface area contributed by atoms with Gasteiger partial charge < -0.3 is 20.5 Å². The van der Waals surface area contributed by atoms with Crippen LogP contribution in [-0.2, 0) is 14.3 Å². The van der Waals surface area contributed by atoms with E-state index < -0.39 is 0 Å². The number of nitrogens with one attached hydrogen (secondary N) is 1. The number of carbonyl (C=O) groups excluding carboxylic acids is 2. The third kappa shape index (κ3) is 6.08. The number of ether oxygens (including phenoxy) is 2. The van der Waals surface area contributed by atoms with Gasteiger partial charge in [-0.25, -0.2) is 0 Å². The topological polar surface area (TPSA) is 90.6 Å². The number of esters is 1. The molecule has 1 aromatic carbocycles. The zero-order valence-electron chi connectivity index (χ0n) is 11.6. The number of carbonyl (C=O) groups is 2. The Morgan fingerprint density at radius 1 is 1.20 bits per heavy atom. The molecule has 0 saturated carbocycles. The summed E-state index contributed by atoms with van der Waals surface area (Å²) in [5, 5.41) is 2.50. The highest BCUT2D eigenvalue weighted by Gasteiger charge is 2.05. The highest BCUT2D eigenvalue weighted by molar-refractivity contribution is 5.75. The molecule has 0 atom stereocenters. The predicted octanol–water partition coefficient (Wildman–Crippen LogP) is 1.11. The van der Waals surface area contributed by atoms with Gasteiger partial charge in [-0.1, -0.05) is 12.1 Å². The molecule has 1 amide bonds. The number of para-hydroxylation sites is 2. The Morgan fingerprint density at radius 2 is 1.95 bits per heavy atom. The number of rotatable bonds is 8. The highest BCUT2D eigenvalue weighted by atomic mass is 16.5. The van der Waals surface area contributed by atoms with Crippen molar-refractivity contribution in [3.05, 3.63) is 24.3 Å². The molecule has 0 unspecified atom stereocenters. The molecule has 0 aliphatic rings. The van der Waals surface area contributed by atoms with Crippen molar-refractivity contribution in [2.75, 3.05) is 26.0 Å². The fraction of sp³-hybridized carbons (Fsp3) is 0.429. The lowest BCUT2D eigenvalue weighted by Gasteiger charge is -2.08. The Morgan fingerprint density at radius 3 is 2.65 bits per heavy atom. The minimum Gasteiger partial charge on any atom is -0.491 e. The van der Waals surface area contributed by atoms with Gasteiger partial charge >= 0.3 is 5.97 Å².